The first-order valence-electron chi connectivity index (χ1n) is 6.53. The summed E-state index contributed by atoms with van der Waals surface area (Å²) < 4.78 is 6.75. The van der Waals surface area contributed by atoms with Crippen molar-refractivity contribution in [2.45, 2.75) is 0 Å². The van der Waals surface area contributed by atoms with Gasteiger partial charge < -0.3 is 9.84 Å². The van der Waals surface area contributed by atoms with Crippen LogP contribution in [0.1, 0.15) is 5.56 Å². The number of ether oxygens (including phenoxy) is 1. The van der Waals surface area contributed by atoms with E-state index in [4.69, 9.17) is 9.84 Å². The maximum absolute atomic E-state index is 12.3. The monoisotopic (exact) mass is 523 g/mol. The molecule has 1 aromatic rings. The Hall–Kier alpha value is -1.33. The maximum Gasteiger partial charge on any atom is 0.341 e. The molecule has 1 N–H and O–H groups in total. The molecule has 1 aromatic carbocycles. The summed E-state index contributed by atoms with van der Waals surface area (Å²) in [5.41, 5.74) is 0.513. The summed E-state index contributed by atoms with van der Waals surface area (Å²) >= 11 is 6.19. The van der Waals surface area contributed by atoms with Gasteiger partial charge in [0.2, 0.25) is 0 Å². The highest BCUT2D eigenvalue weighted by atomic mass is 127. The fraction of sp³-hybridized carbons (Fsp3) is 0.133. The SMILES string of the molecule is C=CCN1C(=O)S/C(=C/c2cc(Br)cc(I)c2OCC(=O)O)C1=O. The molecule has 6 nitrogen and oxygen atoms in total. The number of amides is 2. The van der Waals surface area contributed by atoms with Crippen molar-refractivity contribution in [2.75, 3.05) is 13.2 Å². The zero-order valence-electron chi connectivity index (χ0n) is 12.1. The van der Waals surface area contributed by atoms with Crippen LogP contribution in [0.5, 0.6) is 5.75 Å². The highest BCUT2D eigenvalue weighted by Gasteiger charge is 2.34. The summed E-state index contributed by atoms with van der Waals surface area (Å²) in [7, 11) is 0. The van der Waals surface area contributed by atoms with Crippen LogP contribution < -0.4 is 4.74 Å². The number of hydrogen-bond acceptors (Lipinski definition) is 5. The Morgan fingerprint density at radius 1 is 1.46 bits per heavy atom. The second kappa shape index (κ2) is 8.17. The summed E-state index contributed by atoms with van der Waals surface area (Å²) in [4.78, 5) is 36.2. The topological polar surface area (TPSA) is 83.9 Å². The molecule has 0 saturated carbocycles. The van der Waals surface area contributed by atoms with Crippen molar-refractivity contribution < 1.29 is 24.2 Å². The second-order valence-electron chi connectivity index (χ2n) is 4.57. The highest BCUT2D eigenvalue weighted by Crippen LogP contribution is 2.36. The number of carboxylic acid groups (broad SMARTS) is 1. The molecule has 0 atom stereocenters. The van der Waals surface area contributed by atoms with Gasteiger partial charge in [0.25, 0.3) is 11.1 Å². The number of carboxylic acids is 1. The molecule has 24 heavy (non-hydrogen) atoms. The number of benzene rings is 1. The molecule has 0 aliphatic carbocycles. The van der Waals surface area contributed by atoms with Gasteiger partial charge in [-0.1, -0.05) is 22.0 Å². The molecule has 0 spiro atoms. The van der Waals surface area contributed by atoms with E-state index in [-0.39, 0.29) is 16.7 Å². The van der Waals surface area contributed by atoms with Crippen LogP contribution in [0.25, 0.3) is 6.08 Å². The maximum atomic E-state index is 12.3. The Morgan fingerprint density at radius 2 is 2.17 bits per heavy atom. The molecule has 0 bridgehead atoms. The van der Waals surface area contributed by atoms with E-state index in [2.05, 4.69) is 22.5 Å². The van der Waals surface area contributed by atoms with E-state index in [9.17, 15) is 14.4 Å². The fourth-order valence-electron chi connectivity index (χ4n) is 1.90. The molecule has 9 heteroatoms. The highest BCUT2D eigenvalue weighted by molar-refractivity contribution is 14.1. The number of aliphatic carboxylic acids is 1. The Labute approximate surface area is 164 Å². The minimum Gasteiger partial charge on any atom is -0.480 e. The zero-order chi connectivity index (χ0) is 17.9. The first-order valence-corrected chi connectivity index (χ1v) is 9.22. The zero-order valence-corrected chi connectivity index (χ0v) is 16.7. The van der Waals surface area contributed by atoms with Gasteiger partial charge >= 0.3 is 5.97 Å². The summed E-state index contributed by atoms with van der Waals surface area (Å²) in [5.74, 6) is -1.17. The van der Waals surface area contributed by atoms with E-state index in [0.717, 1.165) is 21.1 Å². The third kappa shape index (κ3) is 4.39. The third-order valence-electron chi connectivity index (χ3n) is 2.85. The lowest BCUT2D eigenvalue weighted by molar-refractivity contribution is -0.139. The van der Waals surface area contributed by atoms with E-state index in [1.165, 1.54) is 12.2 Å². The van der Waals surface area contributed by atoms with Crippen molar-refractivity contribution >= 4 is 73.5 Å². The van der Waals surface area contributed by atoms with Crippen LogP contribution in [0.2, 0.25) is 0 Å². The number of hydrogen-bond donors (Lipinski definition) is 1. The predicted molar refractivity (Wildman–Crippen MR) is 103 cm³/mol. The van der Waals surface area contributed by atoms with Gasteiger partial charge in [0.15, 0.2) is 6.61 Å². The lowest BCUT2D eigenvalue weighted by atomic mass is 10.2. The van der Waals surface area contributed by atoms with Crippen molar-refractivity contribution in [1.29, 1.82) is 0 Å². The first kappa shape index (κ1) is 19.0. The smallest absolute Gasteiger partial charge is 0.341 e. The molecule has 0 unspecified atom stereocenters. The van der Waals surface area contributed by atoms with Crippen molar-refractivity contribution in [3.63, 3.8) is 0 Å². The van der Waals surface area contributed by atoms with E-state index in [0.29, 0.717) is 14.9 Å². The van der Waals surface area contributed by atoms with Crippen LogP contribution in [-0.4, -0.2) is 40.3 Å². The molecule has 1 fully saturated rings. The van der Waals surface area contributed by atoms with Crippen LogP contribution in [0.15, 0.2) is 34.2 Å². The molecule has 1 aliphatic rings. The normalized spacial score (nSPS) is 15.9. The van der Waals surface area contributed by atoms with E-state index in [1.54, 1.807) is 12.1 Å². The van der Waals surface area contributed by atoms with Gasteiger partial charge in [0.1, 0.15) is 5.75 Å². The minimum atomic E-state index is -1.11. The average molecular weight is 524 g/mol. The average Bonchev–Trinajstić information content (AvgIpc) is 2.74. The van der Waals surface area contributed by atoms with Gasteiger partial charge in [0.05, 0.1) is 8.48 Å². The van der Waals surface area contributed by atoms with Gasteiger partial charge in [-0.2, -0.15) is 0 Å². The molecule has 2 amide bonds. The molecular formula is C15H11BrINO5S. The standard InChI is InChI=1S/C15H11BrINO5S/c1-2-3-18-14(21)11(24-15(18)22)5-8-4-9(16)6-10(17)13(8)23-7-12(19)20/h2,4-6H,1,3,7H2,(H,19,20)/b11-5+. The predicted octanol–water partition coefficient (Wildman–Crippen LogP) is 3.74. The van der Waals surface area contributed by atoms with Crippen LogP contribution in [-0.2, 0) is 9.59 Å². The number of carbonyl (C=O) groups is 3. The molecule has 0 radical (unpaired) electrons. The van der Waals surface area contributed by atoms with Gasteiger partial charge in [-0.3, -0.25) is 14.5 Å². The quantitative estimate of drug-likeness (QED) is 0.347. The summed E-state index contributed by atoms with van der Waals surface area (Å²) in [6.07, 6.45) is 3.00. The van der Waals surface area contributed by atoms with E-state index in [1.807, 2.05) is 22.6 Å². The molecule has 126 valence electrons. The Kier molecular flexibility index (Phi) is 6.47. The first-order chi connectivity index (χ1) is 11.3. The number of imide groups is 1. The number of nitrogens with zero attached hydrogens (tertiary/aromatic N) is 1. The Morgan fingerprint density at radius 3 is 2.79 bits per heavy atom. The van der Waals surface area contributed by atoms with Gasteiger partial charge in [0, 0.05) is 16.6 Å². The molecular weight excluding hydrogens is 513 g/mol. The second-order valence-corrected chi connectivity index (χ2v) is 7.64. The number of rotatable bonds is 6. The van der Waals surface area contributed by atoms with Crippen molar-refractivity contribution in [2.24, 2.45) is 0 Å². The Balaban J connectivity index is 2.41. The number of halogens is 2. The molecule has 1 heterocycles. The Bertz CT molecular complexity index is 764. The number of carbonyl (C=O) groups excluding carboxylic acids is 2. The van der Waals surface area contributed by atoms with Crippen molar-refractivity contribution in [1.82, 2.24) is 4.90 Å². The van der Waals surface area contributed by atoms with Gasteiger partial charge in [-0.05, 0) is 52.6 Å². The van der Waals surface area contributed by atoms with Crippen molar-refractivity contribution in [3.8, 4) is 5.75 Å². The summed E-state index contributed by atoms with van der Waals surface area (Å²) in [6.45, 7) is 3.16. The third-order valence-corrected chi connectivity index (χ3v) is 5.02. The van der Waals surface area contributed by atoms with E-state index < -0.39 is 18.5 Å². The molecule has 2 rings (SSSR count). The van der Waals surface area contributed by atoms with Gasteiger partial charge in [-0.15, -0.1) is 6.58 Å². The van der Waals surface area contributed by atoms with Gasteiger partial charge in [-0.25, -0.2) is 4.79 Å². The molecule has 1 saturated heterocycles. The van der Waals surface area contributed by atoms with Crippen LogP contribution >= 0.6 is 50.3 Å². The lowest BCUT2D eigenvalue weighted by Gasteiger charge is -2.11. The fourth-order valence-corrected chi connectivity index (χ4v) is 4.45. The summed E-state index contributed by atoms with van der Waals surface area (Å²) in [6, 6.07) is 3.46. The number of thioether (sulfide) groups is 1. The largest absolute Gasteiger partial charge is 0.480 e. The van der Waals surface area contributed by atoms with Crippen LogP contribution in [0.3, 0.4) is 0 Å². The summed E-state index contributed by atoms with van der Waals surface area (Å²) in [5, 5.41) is 8.42. The molecule has 1 aliphatic heterocycles. The van der Waals surface area contributed by atoms with E-state index >= 15 is 0 Å². The van der Waals surface area contributed by atoms with Crippen molar-refractivity contribution in [3.05, 3.63) is 43.3 Å². The van der Waals surface area contributed by atoms with Crippen LogP contribution in [0.4, 0.5) is 4.79 Å². The molecule has 0 aromatic heterocycles. The van der Waals surface area contributed by atoms with Crippen LogP contribution in [0, 0.1) is 3.57 Å². The lowest BCUT2D eigenvalue weighted by Crippen LogP contribution is -2.27. The minimum absolute atomic E-state index is 0.139.